The van der Waals surface area contributed by atoms with Crippen molar-refractivity contribution < 1.29 is 24.6 Å². The Morgan fingerprint density at radius 2 is 2.05 bits per heavy atom. The van der Waals surface area contributed by atoms with Gasteiger partial charge in [0.25, 0.3) is 6.09 Å². The van der Waals surface area contributed by atoms with Crippen LogP contribution in [0.5, 0.6) is 0 Å². The van der Waals surface area contributed by atoms with E-state index in [9.17, 15) is 24.6 Å². The number of rotatable bonds is 2. The van der Waals surface area contributed by atoms with Gasteiger partial charge in [-0.3, -0.25) is 9.59 Å². The van der Waals surface area contributed by atoms with Crippen molar-refractivity contribution >= 4 is 34.9 Å². The number of carbonyl (C=O) groups is 3. The number of Topliss-reactive ketones (excluding diaryl/α,β-unsaturated/α-hetero) is 1. The fraction of sp³-hybridized carbons (Fsp3) is 0.533. The zero-order valence-electron chi connectivity index (χ0n) is 13.0. The van der Waals surface area contributed by atoms with Crippen LogP contribution in [0, 0.1) is 5.41 Å². The van der Waals surface area contributed by atoms with Crippen molar-refractivity contribution in [2.45, 2.75) is 39.7 Å². The second kappa shape index (κ2) is 4.89. The summed E-state index contributed by atoms with van der Waals surface area (Å²) in [5.41, 5.74) is -2.27. The summed E-state index contributed by atoms with van der Waals surface area (Å²) < 4.78 is -0.669. The van der Waals surface area contributed by atoms with E-state index in [-0.39, 0.29) is 17.8 Å². The molecule has 0 saturated heterocycles. The number of carbonyl (C=O) groups excluding carboxylic acids is 2. The number of nitrogens with zero attached hydrogens (tertiary/aromatic N) is 1. The normalized spacial score (nSPS) is 28.3. The highest BCUT2D eigenvalue weighted by atomic mass is 32.1. The van der Waals surface area contributed by atoms with E-state index in [4.69, 9.17) is 0 Å². The van der Waals surface area contributed by atoms with Gasteiger partial charge in [-0.1, -0.05) is 6.92 Å². The molecule has 0 radical (unpaired) electrons. The molecule has 2 heterocycles. The smallest absolute Gasteiger partial charge is 0.323 e. The van der Waals surface area contributed by atoms with Crippen molar-refractivity contribution in [2.75, 3.05) is 6.54 Å². The van der Waals surface area contributed by atoms with E-state index in [0.29, 0.717) is 5.69 Å². The second-order valence-electron chi connectivity index (χ2n) is 6.61. The molecule has 22 heavy (non-hydrogen) atoms. The molecule has 7 heteroatoms. The van der Waals surface area contributed by atoms with Crippen molar-refractivity contribution in [3.63, 3.8) is 0 Å². The molecule has 0 spiro atoms. The van der Waals surface area contributed by atoms with Crippen molar-refractivity contribution in [1.29, 1.82) is 0 Å². The molecule has 0 saturated carbocycles. The van der Waals surface area contributed by atoms with E-state index >= 15 is 0 Å². The third kappa shape index (κ3) is 1.85. The van der Waals surface area contributed by atoms with Crippen LogP contribution in [0.15, 0.2) is 11.4 Å². The number of quaternary nitrogens is 1. The first-order chi connectivity index (χ1) is 10.0. The van der Waals surface area contributed by atoms with Gasteiger partial charge in [0.05, 0.1) is 0 Å². The Morgan fingerprint density at radius 3 is 2.45 bits per heavy atom. The van der Waals surface area contributed by atoms with Gasteiger partial charge in [0.15, 0.2) is 11.1 Å². The molecule has 2 atom stereocenters. The first-order valence-corrected chi connectivity index (χ1v) is 7.88. The van der Waals surface area contributed by atoms with E-state index in [1.165, 1.54) is 0 Å². The number of carboxylic acid groups (broad SMARTS) is 2. The lowest BCUT2D eigenvalue weighted by molar-refractivity contribution is -0.270. The number of aliphatic carboxylic acids is 1. The van der Waals surface area contributed by atoms with Gasteiger partial charge >= 0.3 is 5.97 Å². The van der Waals surface area contributed by atoms with Crippen molar-refractivity contribution in [2.24, 2.45) is 5.41 Å². The molecule has 0 bridgehead atoms. The number of ketones is 1. The van der Waals surface area contributed by atoms with E-state index < -0.39 is 33.3 Å². The minimum Gasteiger partial charge on any atom is -0.498 e. The summed E-state index contributed by atoms with van der Waals surface area (Å²) in [7, 11) is 0. The minimum atomic E-state index is -1.74. The number of carboxylic acids is 1. The van der Waals surface area contributed by atoms with Gasteiger partial charge in [-0.2, -0.15) is 0 Å². The Bertz CT molecular complexity index is 659. The van der Waals surface area contributed by atoms with Crippen LogP contribution >= 0.6 is 11.3 Å². The summed E-state index contributed by atoms with van der Waals surface area (Å²) in [6, 6.07) is 1.58. The number of fused-ring (bicyclic) bond motifs is 1. The summed E-state index contributed by atoms with van der Waals surface area (Å²) >= 11 is 1.08. The first-order valence-electron chi connectivity index (χ1n) is 7.00. The predicted molar refractivity (Wildman–Crippen MR) is 80.8 cm³/mol. The Hall–Kier alpha value is -1.73. The molecule has 1 aromatic rings. The molecular formula is C15H19NO5S. The van der Waals surface area contributed by atoms with Crippen LogP contribution in [0.2, 0.25) is 0 Å². The molecule has 2 unspecified atom stereocenters. The topological polar surface area (TPSA) is 94.5 Å². The maximum absolute atomic E-state index is 12.7. The fourth-order valence-electron chi connectivity index (χ4n) is 3.18. The summed E-state index contributed by atoms with van der Waals surface area (Å²) in [6.45, 7) is 6.39. The monoisotopic (exact) mass is 325 g/mol. The van der Waals surface area contributed by atoms with Crippen LogP contribution in [-0.4, -0.2) is 35.0 Å². The third-order valence-electron chi connectivity index (χ3n) is 4.67. The highest BCUT2D eigenvalue weighted by Gasteiger charge is 2.62. The number of hydrogen-bond acceptors (Lipinski definition) is 5. The van der Waals surface area contributed by atoms with E-state index in [2.05, 4.69) is 0 Å². The molecular weight excluding hydrogens is 306 g/mol. The van der Waals surface area contributed by atoms with Crippen LogP contribution in [-0.2, 0) is 4.79 Å². The molecule has 1 aromatic heterocycles. The Morgan fingerprint density at radius 1 is 1.45 bits per heavy atom. The quantitative estimate of drug-likeness (QED) is 0.662. The Balaban J connectivity index is 2.88. The van der Waals surface area contributed by atoms with Gasteiger partial charge in [0, 0.05) is 6.07 Å². The third-order valence-corrected chi connectivity index (χ3v) is 5.58. The van der Waals surface area contributed by atoms with Gasteiger partial charge in [-0.25, -0.2) is 4.48 Å². The van der Waals surface area contributed by atoms with Crippen molar-refractivity contribution in [3.05, 3.63) is 16.3 Å². The molecule has 0 aromatic carbocycles. The second-order valence-corrected chi connectivity index (χ2v) is 7.53. The van der Waals surface area contributed by atoms with E-state index in [1.807, 2.05) is 0 Å². The Labute approximate surface area is 132 Å². The predicted octanol–water partition coefficient (Wildman–Crippen LogP) is 1.87. The van der Waals surface area contributed by atoms with E-state index in [0.717, 1.165) is 11.3 Å². The average Bonchev–Trinajstić information content (AvgIpc) is 2.87. The maximum atomic E-state index is 12.7. The maximum Gasteiger partial charge on any atom is 0.323 e. The average molecular weight is 325 g/mol. The molecule has 6 nitrogen and oxygen atoms in total. The van der Waals surface area contributed by atoms with Gasteiger partial charge in [0.1, 0.15) is 17.0 Å². The molecule has 1 aliphatic rings. The number of hydrogen-bond donors (Lipinski definition) is 1. The molecule has 2 rings (SSSR count). The molecule has 1 N–H and O–H groups in total. The van der Waals surface area contributed by atoms with Crippen LogP contribution in [0.4, 0.5) is 10.5 Å². The lowest BCUT2D eigenvalue weighted by Gasteiger charge is -2.52. The van der Waals surface area contributed by atoms with Crippen LogP contribution in [0.3, 0.4) is 0 Å². The fourth-order valence-corrected chi connectivity index (χ4v) is 4.16. The van der Waals surface area contributed by atoms with Crippen LogP contribution in [0.25, 0.3) is 0 Å². The highest BCUT2D eigenvalue weighted by Crippen LogP contribution is 2.49. The first kappa shape index (κ1) is 16.6. The summed E-state index contributed by atoms with van der Waals surface area (Å²) in [4.78, 5) is 36.8. The zero-order chi connectivity index (χ0) is 16.9. The van der Waals surface area contributed by atoms with Crippen LogP contribution in [0.1, 0.15) is 43.8 Å². The largest absolute Gasteiger partial charge is 0.498 e. The zero-order valence-corrected chi connectivity index (χ0v) is 13.8. The highest BCUT2D eigenvalue weighted by molar-refractivity contribution is 7.12. The number of amides is 1. The van der Waals surface area contributed by atoms with Crippen molar-refractivity contribution in [1.82, 2.24) is 4.48 Å². The van der Waals surface area contributed by atoms with Gasteiger partial charge < -0.3 is 15.0 Å². The number of thiophene rings is 1. The molecule has 0 aliphatic carbocycles. The van der Waals surface area contributed by atoms with Gasteiger partial charge in [-0.05, 0) is 32.6 Å². The molecule has 1 aliphatic heterocycles. The molecule has 120 valence electrons. The molecule has 1 amide bonds. The summed E-state index contributed by atoms with van der Waals surface area (Å²) in [5, 5.41) is 23.4. The van der Waals surface area contributed by atoms with E-state index in [1.54, 1.807) is 39.1 Å². The summed E-state index contributed by atoms with van der Waals surface area (Å²) in [6.07, 6.45) is -1.36. The minimum absolute atomic E-state index is 0.0296. The van der Waals surface area contributed by atoms with Gasteiger partial charge in [-0.15, -0.1) is 11.3 Å². The lowest BCUT2D eigenvalue weighted by Crippen LogP contribution is -2.75. The van der Waals surface area contributed by atoms with Crippen LogP contribution < -0.4 is 9.59 Å². The summed E-state index contributed by atoms with van der Waals surface area (Å²) in [5.74, 6) is -1.79. The van der Waals surface area contributed by atoms with Crippen molar-refractivity contribution in [3.8, 4) is 0 Å². The van der Waals surface area contributed by atoms with Gasteiger partial charge in [0.2, 0.25) is 5.78 Å². The molecule has 0 fully saturated rings. The SMILES string of the molecule is CCC1(C(=O)O)C[N+](C(=O)[O-])(C(C)(C)C)c2ccsc2C1=O. The Kier molecular flexibility index (Phi) is 3.70. The lowest BCUT2D eigenvalue weighted by atomic mass is 9.74. The standard InChI is InChI=1S/C15H19NO5S/c1-5-15(12(18)19)8-16(13(20)21,14(2,3)4)9-6-7-22-10(9)11(15)17/h6-7H,5,8H2,1-4H3,(H-,18,19,20,21).